The standard InChI is InChI=1S/C26H15BrS/c27-19-12-9-17(10-13-19)23-15-18-6-2-3-7-20(18)24-22-14-11-16-5-1-4-8-21(16)25(22)28-26(23)24/h1-15H. The van der Waals surface area contributed by atoms with Crippen LogP contribution in [0, 0.1) is 0 Å². The van der Waals surface area contributed by atoms with E-state index in [1.807, 2.05) is 11.3 Å². The van der Waals surface area contributed by atoms with Gasteiger partial charge in [-0.2, -0.15) is 0 Å². The molecule has 0 radical (unpaired) electrons. The van der Waals surface area contributed by atoms with Crippen LogP contribution in [-0.4, -0.2) is 0 Å². The smallest absolute Gasteiger partial charge is 0.0440 e. The second kappa shape index (κ2) is 6.16. The molecule has 5 aromatic carbocycles. The fourth-order valence-corrected chi connectivity index (χ4v) is 5.85. The first-order valence-corrected chi connectivity index (χ1v) is 10.9. The molecular formula is C26H15BrS. The van der Waals surface area contributed by atoms with Crippen LogP contribution in [0.5, 0.6) is 0 Å². The van der Waals surface area contributed by atoms with Gasteiger partial charge in [0.25, 0.3) is 0 Å². The molecule has 0 saturated heterocycles. The van der Waals surface area contributed by atoms with Gasteiger partial charge in [0.2, 0.25) is 0 Å². The van der Waals surface area contributed by atoms with Gasteiger partial charge in [-0.15, -0.1) is 11.3 Å². The van der Waals surface area contributed by atoms with Crippen molar-refractivity contribution in [2.24, 2.45) is 0 Å². The summed E-state index contributed by atoms with van der Waals surface area (Å²) < 4.78 is 3.85. The van der Waals surface area contributed by atoms with Crippen LogP contribution in [-0.2, 0) is 0 Å². The lowest BCUT2D eigenvalue weighted by molar-refractivity contribution is 1.64. The maximum atomic E-state index is 3.57. The van der Waals surface area contributed by atoms with Crippen molar-refractivity contribution < 1.29 is 0 Å². The zero-order chi connectivity index (χ0) is 18.7. The van der Waals surface area contributed by atoms with Crippen LogP contribution in [0.25, 0.3) is 52.8 Å². The molecular weight excluding hydrogens is 424 g/mol. The summed E-state index contributed by atoms with van der Waals surface area (Å²) in [7, 11) is 0. The highest BCUT2D eigenvalue weighted by Crippen LogP contribution is 2.46. The van der Waals surface area contributed by atoms with Gasteiger partial charge >= 0.3 is 0 Å². The minimum Gasteiger partial charge on any atom is -0.134 e. The van der Waals surface area contributed by atoms with Crippen molar-refractivity contribution in [1.82, 2.24) is 0 Å². The summed E-state index contributed by atoms with van der Waals surface area (Å²) in [5, 5.41) is 8.00. The maximum Gasteiger partial charge on any atom is 0.0440 e. The summed E-state index contributed by atoms with van der Waals surface area (Å²) in [6, 6.07) is 33.0. The molecule has 0 nitrogen and oxygen atoms in total. The van der Waals surface area contributed by atoms with Crippen LogP contribution in [0.4, 0.5) is 0 Å². The topological polar surface area (TPSA) is 0 Å². The van der Waals surface area contributed by atoms with E-state index in [2.05, 4.69) is 107 Å². The third-order valence-corrected chi connectivity index (χ3v) is 7.31. The third kappa shape index (κ3) is 2.35. The Labute approximate surface area is 175 Å². The molecule has 1 heterocycles. The average molecular weight is 439 g/mol. The van der Waals surface area contributed by atoms with Crippen LogP contribution in [0.2, 0.25) is 0 Å². The monoisotopic (exact) mass is 438 g/mol. The molecule has 132 valence electrons. The van der Waals surface area contributed by atoms with Gasteiger partial charge in [0.1, 0.15) is 0 Å². The van der Waals surface area contributed by atoms with Crippen molar-refractivity contribution in [2.45, 2.75) is 0 Å². The molecule has 6 rings (SSSR count). The zero-order valence-electron chi connectivity index (χ0n) is 14.9. The lowest BCUT2D eigenvalue weighted by atomic mass is 9.96. The minimum atomic E-state index is 1.11. The predicted molar refractivity (Wildman–Crippen MR) is 127 cm³/mol. The first-order valence-electron chi connectivity index (χ1n) is 9.31. The molecule has 6 aromatic rings. The van der Waals surface area contributed by atoms with Crippen molar-refractivity contribution >= 4 is 69.0 Å². The summed E-state index contributed by atoms with van der Waals surface area (Å²) in [6.45, 7) is 0. The predicted octanol–water partition coefficient (Wildman–Crippen LogP) is 8.79. The van der Waals surface area contributed by atoms with E-state index in [4.69, 9.17) is 0 Å². The van der Waals surface area contributed by atoms with Gasteiger partial charge in [-0.25, -0.2) is 0 Å². The molecule has 0 unspecified atom stereocenters. The number of hydrogen-bond acceptors (Lipinski definition) is 1. The highest BCUT2D eigenvalue weighted by Gasteiger charge is 2.15. The Hall–Kier alpha value is -2.68. The molecule has 0 saturated carbocycles. The van der Waals surface area contributed by atoms with Crippen molar-refractivity contribution in [1.29, 1.82) is 0 Å². The number of hydrogen-bond donors (Lipinski definition) is 0. The van der Waals surface area contributed by atoms with Crippen LogP contribution < -0.4 is 0 Å². The maximum absolute atomic E-state index is 3.57. The molecule has 1 aromatic heterocycles. The molecule has 0 aliphatic carbocycles. The molecule has 0 N–H and O–H groups in total. The molecule has 0 aliphatic heterocycles. The van der Waals surface area contributed by atoms with E-state index in [1.54, 1.807) is 0 Å². The lowest BCUT2D eigenvalue weighted by Crippen LogP contribution is -1.81. The summed E-state index contributed by atoms with van der Waals surface area (Å²) in [4.78, 5) is 0. The normalized spacial score (nSPS) is 11.8. The summed E-state index contributed by atoms with van der Waals surface area (Å²) in [5.74, 6) is 0. The molecule has 2 heteroatoms. The van der Waals surface area contributed by atoms with Crippen LogP contribution in [0.15, 0.2) is 95.5 Å². The molecule has 0 fully saturated rings. The molecule has 0 amide bonds. The van der Waals surface area contributed by atoms with Gasteiger partial charge in [0.15, 0.2) is 0 Å². The quantitative estimate of drug-likeness (QED) is 0.240. The van der Waals surface area contributed by atoms with Crippen molar-refractivity contribution in [3.8, 4) is 11.1 Å². The first kappa shape index (κ1) is 16.3. The van der Waals surface area contributed by atoms with E-state index < -0.39 is 0 Å². The Bertz CT molecular complexity index is 1510. The first-order chi connectivity index (χ1) is 13.8. The van der Waals surface area contributed by atoms with Gasteiger partial charge in [0.05, 0.1) is 0 Å². The Balaban J connectivity index is 1.85. The molecule has 0 spiro atoms. The molecule has 28 heavy (non-hydrogen) atoms. The molecule has 0 atom stereocenters. The summed E-state index contributed by atoms with van der Waals surface area (Å²) in [6.07, 6.45) is 0. The second-order valence-electron chi connectivity index (χ2n) is 7.12. The van der Waals surface area contributed by atoms with Crippen LogP contribution in [0.3, 0.4) is 0 Å². The zero-order valence-corrected chi connectivity index (χ0v) is 17.3. The van der Waals surface area contributed by atoms with E-state index in [9.17, 15) is 0 Å². The van der Waals surface area contributed by atoms with Crippen molar-refractivity contribution in [3.05, 3.63) is 95.5 Å². The van der Waals surface area contributed by atoms with Gasteiger partial charge in [-0.05, 0) is 45.3 Å². The third-order valence-electron chi connectivity index (χ3n) is 5.51. The van der Waals surface area contributed by atoms with E-state index in [0.717, 1.165) is 4.47 Å². The SMILES string of the molecule is Brc1ccc(-c2cc3ccccc3c3c2sc2c4ccccc4ccc23)cc1. The molecule has 0 aliphatic rings. The average Bonchev–Trinajstić information content (AvgIpc) is 3.14. The van der Waals surface area contributed by atoms with Gasteiger partial charge in [-0.1, -0.05) is 88.7 Å². The number of benzene rings is 5. The highest BCUT2D eigenvalue weighted by atomic mass is 79.9. The number of thiophene rings is 1. The lowest BCUT2D eigenvalue weighted by Gasteiger charge is -2.08. The fraction of sp³-hybridized carbons (Fsp3) is 0. The van der Waals surface area contributed by atoms with Crippen LogP contribution >= 0.6 is 27.3 Å². The van der Waals surface area contributed by atoms with Gasteiger partial charge < -0.3 is 0 Å². The number of fused-ring (bicyclic) bond motifs is 7. The van der Waals surface area contributed by atoms with E-state index in [1.165, 1.54) is 52.8 Å². The Kier molecular flexibility index (Phi) is 3.59. The van der Waals surface area contributed by atoms with Gasteiger partial charge in [-0.3, -0.25) is 0 Å². The number of halogens is 1. The summed E-state index contributed by atoms with van der Waals surface area (Å²) in [5.41, 5.74) is 2.57. The Morgan fingerprint density at radius 3 is 2.11 bits per heavy atom. The Morgan fingerprint density at radius 2 is 1.29 bits per heavy atom. The van der Waals surface area contributed by atoms with E-state index >= 15 is 0 Å². The minimum absolute atomic E-state index is 1.11. The molecule has 0 bridgehead atoms. The van der Waals surface area contributed by atoms with Gasteiger partial charge in [0, 0.05) is 30.2 Å². The fourth-order valence-electron chi connectivity index (χ4n) is 4.20. The Morgan fingerprint density at radius 1 is 0.571 bits per heavy atom. The van der Waals surface area contributed by atoms with Crippen molar-refractivity contribution in [2.75, 3.05) is 0 Å². The van der Waals surface area contributed by atoms with E-state index in [0.29, 0.717) is 0 Å². The van der Waals surface area contributed by atoms with Crippen molar-refractivity contribution in [3.63, 3.8) is 0 Å². The van der Waals surface area contributed by atoms with E-state index in [-0.39, 0.29) is 0 Å². The largest absolute Gasteiger partial charge is 0.134 e. The van der Waals surface area contributed by atoms with Crippen LogP contribution in [0.1, 0.15) is 0 Å². The highest BCUT2D eigenvalue weighted by molar-refractivity contribution is 9.10. The summed E-state index contributed by atoms with van der Waals surface area (Å²) >= 11 is 5.49. The number of rotatable bonds is 1. The second-order valence-corrected chi connectivity index (χ2v) is 9.06.